The Morgan fingerprint density at radius 3 is 2.89 bits per heavy atom. The fraction of sp³-hybridized carbons (Fsp3) is 0.312. The summed E-state index contributed by atoms with van der Waals surface area (Å²) in [5, 5.41) is 10.8. The summed E-state index contributed by atoms with van der Waals surface area (Å²) in [6.45, 7) is 0.565. The van der Waals surface area contributed by atoms with Gasteiger partial charge in [0.2, 0.25) is 11.9 Å². The smallest absolute Gasteiger partial charge is 0.252 e. The van der Waals surface area contributed by atoms with E-state index in [0.717, 1.165) is 3.79 Å². The topological polar surface area (TPSA) is 96.7 Å². The van der Waals surface area contributed by atoms with E-state index in [2.05, 4.69) is 31.4 Å². The van der Waals surface area contributed by atoms with E-state index in [0.29, 0.717) is 31.0 Å². The third-order valence-corrected chi connectivity index (χ3v) is 8.40. The van der Waals surface area contributed by atoms with E-state index in [1.807, 2.05) is 12.1 Å². The molecule has 1 unspecified atom stereocenters. The van der Waals surface area contributed by atoms with Gasteiger partial charge >= 0.3 is 0 Å². The molecule has 3 aromatic rings. The molecule has 27 heavy (non-hydrogen) atoms. The Labute approximate surface area is 168 Å². The van der Waals surface area contributed by atoms with Crippen LogP contribution in [0.15, 0.2) is 44.5 Å². The van der Waals surface area contributed by atoms with Crippen molar-refractivity contribution in [2.75, 3.05) is 18.4 Å². The Morgan fingerprint density at radius 2 is 2.11 bits per heavy atom. The summed E-state index contributed by atoms with van der Waals surface area (Å²) < 4.78 is 29.7. The van der Waals surface area contributed by atoms with Gasteiger partial charge in [-0.1, -0.05) is 6.07 Å². The zero-order valence-electron chi connectivity index (χ0n) is 14.1. The summed E-state index contributed by atoms with van der Waals surface area (Å²) in [6, 6.07) is 8.73. The number of fused-ring (bicyclic) bond motifs is 1. The molecule has 3 aromatic heterocycles. The Balaban J connectivity index is 1.50. The lowest BCUT2D eigenvalue weighted by Crippen LogP contribution is -2.43. The third kappa shape index (κ3) is 3.64. The number of hydrogen-bond acceptors (Lipinski definition) is 6. The van der Waals surface area contributed by atoms with Crippen molar-refractivity contribution in [2.45, 2.75) is 17.1 Å². The van der Waals surface area contributed by atoms with Crippen LogP contribution in [0.4, 0.5) is 5.95 Å². The lowest BCUT2D eigenvalue weighted by molar-refractivity contribution is -0.120. The molecule has 0 aliphatic carbocycles. The number of thiophene rings is 1. The highest BCUT2D eigenvalue weighted by atomic mass is 79.9. The van der Waals surface area contributed by atoms with Crippen LogP contribution < -0.4 is 5.32 Å². The molecule has 0 aromatic carbocycles. The van der Waals surface area contributed by atoms with Gasteiger partial charge in [-0.2, -0.15) is 4.31 Å². The SMILES string of the molecule is O=C(Nc1nnc2ccccn12)C1CCCN(S(=O)(=O)c2ccc(Br)s2)C1. The minimum atomic E-state index is -3.60. The van der Waals surface area contributed by atoms with Crippen LogP contribution in [-0.2, 0) is 14.8 Å². The largest absolute Gasteiger partial charge is 0.294 e. The normalized spacial score (nSPS) is 18.6. The Morgan fingerprint density at radius 1 is 1.26 bits per heavy atom. The van der Waals surface area contributed by atoms with E-state index in [4.69, 9.17) is 0 Å². The van der Waals surface area contributed by atoms with Gasteiger partial charge in [0, 0.05) is 19.3 Å². The third-order valence-electron chi connectivity index (χ3n) is 4.45. The fourth-order valence-electron chi connectivity index (χ4n) is 3.08. The van der Waals surface area contributed by atoms with Gasteiger partial charge in [-0.25, -0.2) is 8.42 Å². The van der Waals surface area contributed by atoms with Gasteiger partial charge in [0.1, 0.15) is 4.21 Å². The molecule has 8 nitrogen and oxygen atoms in total. The predicted octanol–water partition coefficient (Wildman–Crippen LogP) is 2.59. The van der Waals surface area contributed by atoms with Crippen molar-refractivity contribution in [3.63, 3.8) is 0 Å². The Hall–Kier alpha value is -1.82. The van der Waals surface area contributed by atoms with Crippen LogP contribution in [0, 0.1) is 5.92 Å². The standard InChI is InChI=1S/C16H16BrN5O3S2/c17-12-6-7-14(26-12)27(24,25)21-8-3-4-11(10-21)15(23)18-16-20-19-13-5-1-2-9-22(13)16/h1-2,5-7,9,11H,3-4,8,10H2,(H,18,20,23). The van der Waals surface area contributed by atoms with Gasteiger partial charge in [-0.3, -0.25) is 14.5 Å². The Bertz CT molecular complexity index is 1090. The lowest BCUT2D eigenvalue weighted by Gasteiger charge is -2.30. The van der Waals surface area contributed by atoms with Crippen LogP contribution in [0.2, 0.25) is 0 Å². The predicted molar refractivity (Wildman–Crippen MR) is 105 cm³/mol. The van der Waals surface area contributed by atoms with Gasteiger partial charge < -0.3 is 0 Å². The number of hydrogen-bond donors (Lipinski definition) is 1. The quantitative estimate of drug-likeness (QED) is 0.633. The number of rotatable bonds is 4. The fourth-order valence-corrected chi connectivity index (χ4v) is 6.77. The number of nitrogens with one attached hydrogen (secondary N) is 1. The first kappa shape index (κ1) is 18.5. The molecule has 0 saturated carbocycles. The summed E-state index contributed by atoms with van der Waals surface area (Å²) in [4.78, 5) is 12.7. The molecule has 1 N–H and O–H groups in total. The van der Waals surface area contributed by atoms with Gasteiger partial charge in [0.05, 0.1) is 9.70 Å². The molecule has 1 atom stereocenters. The van der Waals surface area contributed by atoms with Crippen molar-refractivity contribution in [1.82, 2.24) is 18.9 Å². The number of carbonyl (C=O) groups excluding carboxylic acids is 1. The minimum absolute atomic E-state index is 0.153. The average molecular weight is 470 g/mol. The number of halogens is 1. The van der Waals surface area contributed by atoms with Crippen LogP contribution in [0.3, 0.4) is 0 Å². The summed E-state index contributed by atoms with van der Waals surface area (Å²) in [7, 11) is -3.60. The maximum Gasteiger partial charge on any atom is 0.252 e. The molecule has 142 valence electrons. The molecular weight excluding hydrogens is 454 g/mol. The lowest BCUT2D eigenvalue weighted by atomic mass is 9.99. The van der Waals surface area contributed by atoms with Crippen LogP contribution in [-0.4, -0.2) is 46.3 Å². The first-order chi connectivity index (χ1) is 12.9. The van der Waals surface area contributed by atoms with Gasteiger partial charge in [0.15, 0.2) is 5.65 Å². The van der Waals surface area contributed by atoms with Crippen molar-refractivity contribution in [2.24, 2.45) is 5.92 Å². The molecule has 11 heteroatoms. The molecule has 0 radical (unpaired) electrons. The number of nitrogens with zero attached hydrogens (tertiary/aromatic N) is 4. The summed E-state index contributed by atoms with van der Waals surface area (Å²) >= 11 is 4.46. The average Bonchev–Trinajstić information content (AvgIpc) is 3.29. The van der Waals surface area contributed by atoms with Crippen molar-refractivity contribution >= 4 is 54.8 Å². The number of sulfonamides is 1. The molecule has 4 rings (SSSR count). The molecule has 0 bridgehead atoms. The van der Waals surface area contributed by atoms with Gasteiger partial charge in [-0.05, 0) is 53.0 Å². The van der Waals surface area contributed by atoms with Crippen molar-refractivity contribution < 1.29 is 13.2 Å². The number of aromatic nitrogens is 3. The zero-order chi connectivity index (χ0) is 19.0. The molecule has 1 fully saturated rings. The molecule has 1 aliphatic heterocycles. The second-order valence-corrected chi connectivity index (χ2v) is 10.8. The zero-order valence-corrected chi connectivity index (χ0v) is 17.3. The second kappa shape index (κ2) is 7.30. The maximum atomic E-state index is 12.8. The van der Waals surface area contributed by atoms with E-state index in [9.17, 15) is 13.2 Å². The number of pyridine rings is 1. The number of anilines is 1. The highest BCUT2D eigenvalue weighted by Gasteiger charge is 2.34. The molecule has 4 heterocycles. The second-order valence-electron chi connectivity index (χ2n) is 6.20. The van der Waals surface area contributed by atoms with Crippen molar-refractivity contribution in [1.29, 1.82) is 0 Å². The molecule has 1 aliphatic rings. The molecular formula is C16H16BrN5O3S2. The Kier molecular flexibility index (Phi) is 5.01. The van der Waals surface area contributed by atoms with E-state index in [1.54, 1.807) is 28.8 Å². The van der Waals surface area contributed by atoms with E-state index >= 15 is 0 Å². The van der Waals surface area contributed by atoms with E-state index in [-0.39, 0.29) is 16.7 Å². The van der Waals surface area contributed by atoms with Crippen LogP contribution in [0.25, 0.3) is 5.65 Å². The molecule has 1 amide bonds. The highest BCUT2D eigenvalue weighted by Crippen LogP contribution is 2.31. The van der Waals surface area contributed by atoms with Crippen LogP contribution in [0.1, 0.15) is 12.8 Å². The number of carbonyl (C=O) groups is 1. The molecule has 1 saturated heterocycles. The highest BCUT2D eigenvalue weighted by molar-refractivity contribution is 9.11. The molecule has 0 spiro atoms. The van der Waals surface area contributed by atoms with E-state index in [1.165, 1.54) is 15.6 Å². The van der Waals surface area contributed by atoms with Gasteiger partial charge in [-0.15, -0.1) is 21.5 Å². The van der Waals surface area contributed by atoms with Crippen molar-refractivity contribution in [3.05, 3.63) is 40.3 Å². The monoisotopic (exact) mass is 469 g/mol. The number of piperidine rings is 1. The maximum absolute atomic E-state index is 12.8. The summed E-state index contributed by atoms with van der Waals surface area (Å²) in [5.41, 5.74) is 0.629. The summed E-state index contributed by atoms with van der Waals surface area (Å²) in [5.74, 6) is -0.355. The minimum Gasteiger partial charge on any atom is -0.294 e. The first-order valence-electron chi connectivity index (χ1n) is 8.31. The number of amides is 1. The first-order valence-corrected chi connectivity index (χ1v) is 11.4. The van der Waals surface area contributed by atoms with Crippen LogP contribution >= 0.6 is 27.3 Å². The van der Waals surface area contributed by atoms with E-state index < -0.39 is 15.9 Å². The van der Waals surface area contributed by atoms with Gasteiger partial charge in [0.25, 0.3) is 10.0 Å². The van der Waals surface area contributed by atoms with Crippen molar-refractivity contribution in [3.8, 4) is 0 Å². The summed E-state index contributed by atoms with van der Waals surface area (Å²) in [6.07, 6.45) is 3.02. The van der Waals surface area contributed by atoms with Crippen LogP contribution in [0.5, 0.6) is 0 Å².